The van der Waals surface area contributed by atoms with Crippen molar-refractivity contribution < 1.29 is 8.42 Å². The summed E-state index contributed by atoms with van der Waals surface area (Å²) in [6, 6.07) is 17.2. The number of benzene rings is 2. The van der Waals surface area contributed by atoms with Gasteiger partial charge in [0.1, 0.15) is 5.82 Å². The van der Waals surface area contributed by atoms with Gasteiger partial charge in [-0.15, -0.1) is 5.10 Å². The van der Waals surface area contributed by atoms with E-state index in [1.807, 2.05) is 54.6 Å². The number of hydrogen-bond acceptors (Lipinski definition) is 6. The maximum absolute atomic E-state index is 12.1. The maximum atomic E-state index is 12.1. The lowest BCUT2D eigenvalue weighted by atomic mass is 10.0. The Morgan fingerprint density at radius 1 is 0.966 bits per heavy atom. The fourth-order valence-corrected chi connectivity index (χ4v) is 3.67. The Bertz CT molecular complexity index is 1290. The summed E-state index contributed by atoms with van der Waals surface area (Å²) in [5, 5.41) is 4.74. The molecule has 4 rings (SSSR count). The molecule has 0 aliphatic carbocycles. The molecule has 0 saturated carbocycles. The van der Waals surface area contributed by atoms with Crippen LogP contribution >= 0.6 is 0 Å². The molecule has 0 spiro atoms. The van der Waals surface area contributed by atoms with Crippen molar-refractivity contribution in [2.45, 2.75) is 24.9 Å². The summed E-state index contributed by atoms with van der Waals surface area (Å²) in [6.07, 6.45) is 1.08. The monoisotopic (exact) mass is 407 g/mol. The van der Waals surface area contributed by atoms with Crippen molar-refractivity contribution in [2.75, 3.05) is 12.0 Å². The van der Waals surface area contributed by atoms with Crippen LogP contribution in [0.15, 0.2) is 59.8 Å². The summed E-state index contributed by atoms with van der Waals surface area (Å²) in [5.74, 6) is 0.766. The molecule has 7 nitrogen and oxygen atoms in total. The van der Waals surface area contributed by atoms with Crippen molar-refractivity contribution >= 4 is 26.7 Å². The van der Waals surface area contributed by atoms with Gasteiger partial charge < -0.3 is 5.73 Å². The van der Waals surface area contributed by atoms with Crippen LogP contribution in [0.3, 0.4) is 0 Å². The Morgan fingerprint density at radius 2 is 1.62 bits per heavy atom. The molecule has 29 heavy (non-hydrogen) atoms. The van der Waals surface area contributed by atoms with Crippen molar-refractivity contribution in [3.63, 3.8) is 0 Å². The minimum absolute atomic E-state index is 0.240. The minimum atomic E-state index is -3.62. The number of nitrogens with two attached hydrogens (primary N) is 1. The molecule has 8 heteroatoms. The van der Waals surface area contributed by atoms with E-state index < -0.39 is 9.84 Å². The first kappa shape index (κ1) is 19.1. The van der Waals surface area contributed by atoms with Crippen molar-refractivity contribution in [3.05, 3.63) is 60.2 Å². The Hall–Kier alpha value is -3.26. The van der Waals surface area contributed by atoms with E-state index in [0.29, 0.717) is 22.8 Å². The molecule has 0 saturated heterocycles. The Balaban J connectivity index is 1.99. The molecule has 0 amide bonds. The van der Waals surface area contributed by atoms with Crippen molar-refractivity contribution in [3.8, 4) is 16.9 Å². The summed E-state index contributed by atoms with van der Waals surface area (Å²) in [4.78, 5) is 8.49. The van der Waals surface area contributed by atoms with Crippen LogP contribution in [0.25, 0.3) is 28.0 Å². The predicted molar refractivity (Wildman–Crippen MR) is 114 cm³/mol. The first-order valence-corrected chi connectivity index (χ1v) is 11.1. The molecule has 0 atom stereocenters. The Kier molecular flexibility index (Phi) is 4.58. The second-order valence-electron chi connectivity index (χ2n) is 7.23. The van der Waals surface area contributed by atoms with Gasteiger partial charge >= 0.3 is 0 Å². The molecule has 0 aliphatic heterocycles. The van der Waals surface area contributed by atoms with Crippen LogP contribution in [-0.4, -0.2) is 34.4 Å². The van der Waals surface area contributed by atoms with Crippen LogP contribution < -0.4 is 5.73 Å². The third kappa shape index (κ3) is 3.47. The highest BCUT2D eigenvalue weighted by Crippen LogP contribution is 2.32. The number of aromatic nitrogens is 4. The van der Waals surface area contributed by atoms with E-state index in [0.717, 1.165) is 17.5 Å². The van der Waals surface area contributed by atoms with Crippen LogP contribution in [0.4, 0.5) is 5.82 Å². The standard InChI is InChI=1S/C21H21N5O2S/c1-13(2)14-9-11-16(12-10-14)26-19(22)17-18(15-7-5-4-6-8-15)23-21(29(3,27)28)24-20(17)25-26/h4-13H,22H2,1-3H3. The van der Waals surface area contributed by atoms with Gasteiger partial charge in [-0.05, 0) is 23.6 Å². The maximum Gasteiger partial charge on any atom is 0.249 e. The van der Waals surface area contributed by atoms with Crippen LogP contribution in [0, 0.1) is 0 Å². The first-order valence-electron chi connectivity index (χ1n) is 9.18. The largest absolute Gasteiger partial charge is 0.383 e. The highest BCUT2D eigenvalue weighted by atomic mass is 32.2. The van der Waals surface area contributed by atoms with Crippen LogP contribution in [0.5, 0.6) is 0 Å². The van der Waals surface area contributed by atoms with Gasteiger partial charge in [0.25, 0.3) is 0 Å². The number of anilines is 1. The fourth-order valence-electron chi connectivity index (χ4n) is 3.16. The smallest absolute Gasteiger partial charge is 0.249 e. The molecule has 2 aromatic heterocycles. The molecule has 4 aromatic rings. The molecule has 2 N–H and O–H groups in total. The first-order chi connectivity index (χ1) is 13.8. The van der Waals surface area contributed by atoms with Crippen molar-refractivity contribution in [1.29, 1.82) is 0 Å². The van der Waals surface area contributed by atoms with Gasteiger partial charge in [0.05, 0.1) is 16.8 Å². The van der Waals surface area contributed by atoms with Crippen LogP contribution in [0.1, 0.15) is 25.3 Å². The van der Waals surface area contributed by atoms with E-state index in [2.05, 4.69) is 28.9 Å². The fraction of sp³-hybridized carbons (Fsp3) is 0.190. The van der Waals surface area contributed by atoms with E-state index >= 15 is 0 Å². The zero-order chi connectivity index (χ0) is 20.8. The summed E-state index contributed by atoms with van der Waals surface area (Å²) in [7, 11) is -3.62. The second kappa shape index (κ2) is 6.97. The molecule has 2 aromatic carbocycles. The van der Waals surface area contributed by atoms with Crippen LogP contribution in [0.2, 0.25) is 0 Å². The van der Waals surface area contributed by atoms with Gasteiger partial charge in [-0.1, -0.05) is 56.3 Å². The molecule has 0 radical (unpaired) electrons. The van der Waals surface area contributed by atoms with Gasteiger partial charge in [0.15, 0.2) is 5.65 Å². The number of hydrogen-bond donors (Lipinski definition) is 1. The molecule has 0 fully saturated rings. The summed E-state index contributed by atoms with van der Waals surface area (Å²) in [6.45, 7) is 4.25. The van der Waals surface area contributed by atoms with E-state index in [-0.39, 0.29) is 10.8 Å². The molecular weight excluding hydrogens is 386 g/mol. The normalized spacial score (nSPS) is 12.0. The molecule has 0 bridgehead atoms. The zero-order valence-electron chi connectivity index (χ0n) is 16.4. The summed E-state index contributed by atoms with van der Waals surface area (Å²) >= 11 is 0. The van der Waals surface area contributed by atoms with E-state index in [9.17, 15) is 8.42 Å². The van der Waals surface area contributed by atoms with Crippen LogP contribution in [-0.2, 0) is 9.84 Å². The molecule has 0 aliphatic rings. The third-order valence-electron chi connectivity index (χ3n) is 4.73. The lowest BCUT2D eigenvalue weighted by Gasteiger charge is -2.08. The number of nitrogens with zero attached hydrogens (tertiary/aromatic N) is 4. The highest BCUT2D eigenvalue weighted by molar-refractivity contribution is 7.90. The van der Waals surface area contributed by atoms with Crippen molar-refractivity contribution in [2.24, 2.45) is 0 Å². The predicted octanol–water partition coefficient (Wildman–Crippen LogP) is 3.59. The SMILES string of the molecule is CC(C)c1ccc(-n2nc3nc(S(C)(=O)=O)nc(-c4ccccc4)c3c2N)cc1. The molecule has 2 heterocycles. The third-order valence-corrected chi connectivity index (χ3v) is 5.58. The van der Waals surface area contributed by atoms with E-state index in [1.54, 1.807) is 4.68 Å². The lowest BCUT2D eigenvalue weighted by Crippen LogP contribution is -2.05. The van der Waals surface area contributed by atoms with E-state index in [4.69, 9.17) is 5.73 Å². The Labute approximate surface area is 169 Å². The minimum Gasteiger partial charge on any atom is -0.383 e. The number of sulfone groups is 1. The summed E-state index contributed by atoms with van der Waals surface area (Å²) < 4.78 is 25.8. The zero-order valence-corrected chi connectivity index (χ0v) is 17.2. The highest BCUT2D eigenvalue weighted by Gasteiger charge is 2.22. The quantitative estimate of drug-likeness (QED) is 0.519. The molecule has 148 valence electrons. The molecule has 0 unspecified atom stereocenters. The van der Waals surface area contributed by atoms with Gasteiger partial charge in [0.2, 0.25) is 15.0 Å². The Morgan fingerprint density at radius 3 is 2.21 bits per heavy atom. The van der Waals surface area contributed by atoms with Crippen molar-refractivity contribution in [1.82, 2.24) is 19.7 Å². The average Bonchev–Trinajstić information content (AvgIpc) is 3.04. The van der Waals surface area contributed by atoms with E-state index in [1.165, 1.54) is 5.56 Å². The molecular formula is C21H21N5O2S. The summed E-state index contributed by atoms with van der Waals surface area (Å²) in [5.41, 5.74) is 9.83. The average molecular weight is 407 g/mol. The van der Waals surface area contributed by atoms with Gasteiger partial charge in [-0.25, -0.2) is 18.1 Å². The topological polar surface area (TPSA) is 104 Å². The number of nitrogen functional groups attached to an aromatic ring is 1. The van der Waals surface area contributed by atoms with Gasteiger partial charge in [-0.2, -0.15) is 4.98 Å². The number of rotatable bonds is 4. The second-order valence-corrected chi connectivity index (χ2v) is 9.14. The van der Waals surface area contributed by atoms with Gasteiger partial charge in [0, 0.05) is 11.8 Å². The lowest BCUT2D eigenvalue weighted by molar-refractivity contribution is 0.593. The van der Waals surface area contributed by atoms with Gasteiger partial charge in [-0.3, -0.25) is 0 Å². The number of fused-ring (bicyclic) bond motifs is 1.